The number of halogens is 7. The maximum atomic E-state index is 15.2. The molecule has 2 saturated heterocycles. The number of fused-ring (bicyclic) bond motifs is 2. The first kappa shape index (κ1) is 56.5. The summed E-state index contributed by atoms with van der Waals surface area (Å²) in [7, 11) is 0. The van der Waals surface area contributed by atoms with Gasteiger partial charge in [0.15, 0.2) is 23.0 Å². The number of ether oxygens (including phenoxy) is 4. The lowest BCUT2D eigenvalue weighted by Gasteiger charge is -2.36. The molecule has 1 unspecified atom stereocenters. The molecule has 4 atom stereocenters. The molecule has 404 valence electrons. The number of carboxylic acids is 1. The van der Waals surface area contributed by atoms with Crippen molar-refractivity contribution < 1.29 is 74.9 Å². The first-order chi connectivity index (χ1) is 36.0. The Balaban J connectivity index is 0.000000181. The number of aliphatic carboxylic acids is 1. The van der Waals surface area contributed by atoms with Crippen LogP contribution in [0.5, 0.6) is 23.0 Å². The van der Waals surface area contributed by atoms with Gasteiger partial charge in [-0.1, -0.05) is 84.9 Å². The lowest BCUT2D eigenvalue weighted by molar-refractivity contribution is -0.166. The molecule has 0 spiro atoms. The zero-order valence-corrected chi connectivity index (χ0v) is 40.9. The molecule has 0 radical (unpaired) electrons. The summed E-state index contributed by atoms with van der Waals surface area (Å²) >= 11 is 0. The van der Waals surface area contributed by atoms with Gasteiger partial charge < -0.3 is 55.1 Å². The Morgan fingerprint density at radius 2 is 0.908 bits per heavy atom. The predicted molar refractivity (Wildman–Crippen MR) is 268 cm³/mol. The number of hydrogen-bond donors (Lipinski definition) is 5. The van der Waals surface area contributed by atoms with Crippen LogP contribution < -0.4 is 30.0 Å². The quantitative estimate of drug-likeness (QED) is 0.0621. The normalized spacial score (nSPS) is 16.5. The third-order valence-corrected chi connectivity index (χ3v) is 13.1. The molecule has 0 aliphatic carbocycles. The van der Waals surface area contributed by atoms with Gasteiger partial charge in [0, 0.05) is 30.3 Å². The summed E-state index contributed by atoms with van der Waals surface area (Å²) in [4.78, 5) is 27.5. The molecule has 10 rings (SSSR count). The fourth-order valence-electron chi connectivity index (χ4n) is 8.54. The molecule has 6 N–H and O–H groups in total. The Morgan fingerprint density at radius 1 is 0.539 bits per heavy atom. The second kappa shape index (κ2) is 25.1. The molecule has 1 amide bonds. The van der Waals surface area contributed by atoms with Crippen molar-refractivity contribution in [1.29, 1.82) is 0 Å². The van der Waals surface area contributed by atoms with Crippen molar-refractivity contribution in [1.82, 2.24) is 15.1 Å². The number of nitrogens with zero attached hydrogens (tertiary/aromatic N) is 2. The fraction of sp³-hybridized carbons (Fsp3) is 0.321. The van der Waals surface area contributed by atoms with Crippen LogP contribution in [0.4, 0.5) is 31.0 Å². The zero-order valence-electron chi connectivity index (χ0n) is 40.9. The van der Waals surface area contributed by atoms with Crippen LogP contribution in [0.25, 0.3) is 22.3 Å². The highest BCUT2D eigenvalue weighted by molar-refractivity contribution is 5.85. The van der Waals surface area contributed by atoms with E-state index >= 15 is 8.78 Å². The lowest BCUT2D eigenvalue weighted by atomic mass is 9.98. The molecule has 4 aliphatic rings. The highest BCUT2D eigenvalue weighted by atomic mass is 19.3. The van der Waals surface area contributed by atoms with E-state index in [0.29, 0.717) is 71.5 Å². The Kier molecular flexibility index (Phi) is 18.6. The zero-order chi connectivity index (χ0) is 53.3. The third kappa shape index (κ3) is 13.8. The van der Waals surface area contributed by atoms with E-state index in [9.17, 15) is 37.4 Å². The van der Waals surface area contributed by atoms with Crippen molar-refractivity contribution in [2.75, 3.05) is 65.7 Å². The van der Waals surface area contributed by atoms with Crippen molar-refractivity contribution in [2.24, 2.45) is 5.73 Å². The monoisotopic (exact) mass is 1060 g/mol. The fourth-order valence-corrected chi connectivity index (χ4v) is 8.54. The number of alkyl halides is 4. The molecule has 4 aliphatic heterocycles. The van der Waals surface area contributed by atoms with E-state index in [0.717, 1.165) is 62.6 Å². The molecule has 4 heterocycles. The average molecular weight is 1060 g/mol. The SMILES string of the molecule is F.N[C@H](CN1CCC1)C(O)c1ccc2c(c1)OCCO2.O=C(N[C@H](CN1CCC1)[C@H](O)c1ccc2c(c1)OCCO2)C(F)(F)c1ccc(-c2ccc(F)cc2)cc1.O=C(O)C(F)(F)c1ccc(-c2ccc(F)cc2)cc1. The number of nitrogens with two attached hydrogens (primary N) is 1. The van der Waals surface area contributed by atoms with Crippen molar-refractivity contribution in [3.05, 3.63) is 167 Å². The minimum atomic E-state index is -3.92. The van der Waals surface area contributed by atoms with Gasteiger partial charge in [-0.2, -0.15) is 17.6 Å². The number of aliphatic hydroxyl groups excluding tert-OH is 2. The van der Waals surface area contributed by atoms with Gasteiger partial charge in [0.25, 0.3) is 5.91 Å². The number of carbonyl (C=O) groups excluding carboxylic acids is 1. The Morgan fingerprint density at radius 3 is 1.30 bits per heavy atom. The summed E-state index contributed by atoms with van der Waals surface area (Å²) in [5.74, 6) is -9.79. The van der Waals surface area contributed by atoms with Crippen LogP contribution in [0.15, 0.2) is 133 Å². The smallest absolute Gasteiger partial charge is 0.379 e. The van der Waals surface area contributed by atoms with Gasteiger partial charge in [0.05, 0.1) is 12.1 Å². The molecular weight excluding hydrogens is 1010 g/mol. The minimum absolute atomic E-state index is 0. The van der Waals surface area contributed by atoms with E-state index in [4.69, 9.17) is 29.8 Å². The Labute approximate surface area is 433 Å². The highest BCUT2D eigenvalue weighted by Gasteiger charge is 2.43. The van der Waals surface area contributed by atoms with Gasteiger partial charge in [-0.05, 0) is 121 Å². The molecule has 0 bridgehead atoms. The molecule has 6 aromatic rings. The number of likely N-dealkylation sites (tertiary alicyclic amines) is 2. The Hall–Kier alpha value is -7.23. The van der Waals surface area contributed by atoms with Gasteiger partial charge in [0.2, 0.25) is 0 Å². The predicted octanol–water partition coefficient (Wildman–Crippen LogP) is 8.63. The maximum Gasteiger partial charge on any atom is 0.379 e. The number of benzene rings is 6. The van der Waals surface area contributed by atoms with Crippen molar-refractivity contribution in [2.45, 2.75) is 49.0 Å². The van der Waals surface area contributed by atoms with E-state index in [1.54, 1.807) is 30.3 Å². The lowest BCUT2D eigenvalue weighted by Crippen LogP contribution is -2.53. The summed E-state index contributed by atoms with van der Waals surface area (Å²) in [6.07, 6.45) is 0.290. The second-order valence-electron chi connectivity index (χ2n) is 18.4. The van der Waals surface area contributed by atoms with Crippen molar-refractivity contribution >= 4 is 11.9 Å². The number of amides is 1. The van der Waals surface area contributed by atoms with Gasteiger partial charge in [-0.25, -0.2) is 13.6 Å². The van der Waals surface area contributed by atoms with E-state index < -0.39 is 64.7 Å². The molecule has 76 heavy (non-hydrogen) atoms. The summed E-state index contributed by atoms with van der Waals surface area (Å²) < 4.78 is 105. The Bertz CT molecular complexity index is 2880. The van der Waals surface area contributed by atoms with Crippen LogP contribution in [0, 0.1) is 11.6 Å². The molecule has 20 heteroatoms. The third-order valence-electron chi connectivity index (χ3n) is 13.1. The number of carbonyl (C=O) groups is 2. The molecular formula is C56H57F7N4O9. The molecule has 2 fully saturated rings. The first-order valence-corrected chi connectivity index (χ1v) is 24.3. The van der Waals surface area contributed by atoms with E-state index in [2.05, 4.69) is 10.2 Å². The largest absolute Gasteiger partial charge is 0.486 e. The highest BCUT2D eigenvalue weighted by Crippen LogP contribution is 2.37. The first-order valence-electron chi connectivity index (χ1n) is 24.3. The summed E-state index contributed by atoms with van der Waals surface area (Å²) in [5.41, 5.74) is 8.76. The number of carboxylic acid groups (broad SMARTS) is 1. The molecule has 6 aromatic carbocycles. The molecule has 0 aromatic heterocycles. The van der Waals surface area contributed by atoms with Gasteiger partial charge >= 0.3 is 17.8 Å². The van der Waals surface area contributed by atoms with Crippen molar-refractivity contribution in [3.8, 4) is 45.3 Å². The van der Waals surface area contributed by atoms with E-state index in [-0.39, 0.29) is 17.3 Å². The number of aliphatic hydroxyl groups is 2. The standard InChI is InChI=1S/C28H27F3N2O4.C14H9F3O2.C14H20N2O3.FH/c29-22-9-4-19(5-10-22)18-2-7-21(8-3-18)28(30,31)27(35)32-23(17-33-12-1-13-33)26(34)20-6-11-24-25(16-20)37-15-14-36-24;15-12-7-3-10(4-8-12)9-1-5-11(6-2-9)14(16,17)13(18)19;15-11(9-16-4-1-5-16)14(17)10-2-3-12-13(8-10)19-7-6-18-12;/h2-11,16,23,26,34H,1,12-15,17H2,(H,32,35);1-8H,(H,18,19);2-3,8,11,14,17H,1,4-7,9,15H2;1H/t23-,26-;;11-,14?;/m1.1./s1. The average Bonchev–Trinajstić information content (AvgIpc) is 3.40. The van der Waals surface area contributed by atoms with Gasteiger partial charge in [-0.3, -0.25) is 9.50 Å². The molecule has 0 saturated carbocycles. The van der Waals surface area contributed by atoms with Crippen LogP contribution in [0.3, 0.4) is 0 Å². The maximum absolute atomic E-state index is 15.2. The molecule has 13 nitrogen and oxygen atoms in total. The number of hydrogen-bond acceptors (Lipinski definition) is 11. The van der Waals surface area contributed by atoms with Crippen LogP contribution in [-0.2, 0) is 21.4 Å². The van der Waals surface area contributed by atoms with Gasteiger partial charge in [0.1, 0.15) is 44.2 Å². The van der Waals surface area contributed by atoms with Crippen LogP contribution >= 0.6 is 0 Å². The summed E-state index contributed by atoms with van der Waals surface area (Å²) in [5, 5.41) is 32.2. The van der Waals surface area contributed by atoms with E-state index in [1.165, 1.54) is 79.2 Å². The summed E-state index contributed by atoms with van der Waals surface area (Å²) in [6.45, 7) is 6.56. The second-order valence-corrected chi connectivity index (χ2v) is 18.4. The minimum Gasteiger partial charge on any atom is -0.486 e. The van der Waals surface area contributed by atoms with Gasteiger partial charge in [-0.15, -0.1) is 0 Å². The van der Waals surface area contributed by atoms with E-state index in [1.807, 2.05) is 23.1 Å². The van der Waals surface area contributed by atoms with Crippen LogP contribution in [0.1, 0.15) is 47.3 Å². The van der Waals surface area contributed by atoms with Crippen LogP contribution in [-0.4, -0.2) is 115 Å². The number of rotatable bonds is 15. The van der Waals surface area contributed by atoms with Crippen molar-refractivity contribution in [3.63, 3.8) is 0 Å². The topological polar surface area (TPSA) is 176 Å². The number of nitrogens with one attached hydrogen (secondary N) is 1. The summed E-state index contributed by atoms with van der Waals surface area (Å²) in [6, 6.07) is 30.5. The van der Waals surface area contributed by atoms with Crippen LogP contribution in [0.2, 0.25) is 0 Å².